The number of nitrogens with one attached hydrogen (secondary N) is 1. The van der Waals surface area contributed by atoms with Gasteiger partial charge >= 0.3 is 0 Å². The van der Waals surface area contributed by atoms with Gasteiger partial charge in [-0.2, -0.15) is 0 Å². The number of hydrogen-bond donors (Lipinski definition) is 1. The molecule has 0 unspecified atom stereocenters. The summed E-state index contributed by atoms with van der Waals surface area (Å²) in [6.07, 6.45) is 1.39. The zero-order chi connectivity index (χ0) is 20.8. The van der Waals surface area contributed by atoms with Crippen LogP contribution in [-0.2, 0) is 0 Å². The summed E-state index contributed by atoms with van der Waals surface area (Å²) in [6, 6.07) is 35.8. The third-order valence-electron chi connectivity index (χ3n) is 5.98. The molecule has 0 aliphatic rings. The van der Waals surface area contributed by atoms with Crippen molar-refractivity contribution in [2.24, 2.45) is 0 Å². The molecule has 0 saturated carbocycles. The number of benzene rings is 5. The first-order valence-electron chi connectivity index (χ1n) is 10.4. The van der Waals surface area contributed by atoms with E-state index in [1.54, 1.807) is 0 Å². The van der Waals surface area contributed by atoms with E-state index in [-0.39, 0.29) is 0 Å². The van der Waals surface area contributed by atoms with Crippen molar-refractivity contribution in [1.82, 2.24) is 0 Å². The summed E-state index contributed by atoms with van der Waals surface area (Å²) in [5.74, 6) is 0. The average Bonchev–Trinajstić information content (AvgIpc) is 3.22. The molecule has 0 saturated heterocycles. The minimum absolute atomic E-state index is 0.817. The van der Waals surface area contributed by atoms with Crippen molar-refractivity contribution < 1.29 is 4.42 Å². The van der Waals surface area contributed by atoms with Gasteiger partial charge in [0, 0.05) is 22.6 Å². The molecule has 2 heteroatoms. The van der Waals surface area contributed by atoms with E-state index in [0.29, 0.717) is 0 Å². The summed E-state index contributed by atoms with van der Waals surface area (Å²) in [5.41, 5.74) is 7.27. The molecule has 0 atom stereocenters. The molecule has 1 heterocycles. The largest absolute Gasteiger partial charge is 0.456 e. The highest BCUT2D eigenvalue weighted by atomic mass is 16.3. The van der Waals surface area contributed by atoms with Crippen molar-refractivity contribution >= 4 is 38.9 Å². The van der Waals surface area contributed by atoms with Gasteiger partial charge in [0.15, 0.2) is 0 Å². The van der Waals surface area contributed by atoms with Crippen LogP contribution in [0.1, 0.15) is 5.56 Å². The van der Waals surface area contributed by atoms with Crippen LogP contribution >= 0.6 is 0 Å². The summed E-state index contributed by atoms with van der Waals surface area (Å²) in [7, 11) is 0. The number of fused-ring (bicyclic) bond motifs is 4. The average molecular weight is 397 g/mol. The van der Waals surface area contributed by atoms with Crippen LogP contribution in [0.15, 0.2) is 108 Å². The standard InChI is InChI=1S/C29H19NO/c30-18-23-10-5-13-28-29(23)26-17-21(14-15-27(26)31-28)20-8-3-9-22(16-20)25-12-4-7-19-6-1-2-11-24(19)25/h1-18,30H. The first kappa shape index (κ1) is 17.7. The van der Waals surface area contributed by atoms with Crippen molar-refractivity contribution in [2.45, 2.75) is 0 Å². The Hall–Kier alpha value is -4.17. The van der Waals surface area contributed by atoms with Crippen LogP contribution in [0, 0.1) is 5.41 Å². The second kappa shape index (κ2) is 6.96. The van der Waals surface area contributed by atoms with Gasteiger partial charge in [-0.3, -0.25) is 0 Å². The molecular weight excluding hydrogens is 378 g/mol. The molecule has 31 heavy (non-hydrogen) atoms. The third kappa shape index (κ3) is 2.84. The Morgan fingerprint density at radius 3 is 2.29 bits per heavy atom. The molecule has 1 N–H and O–H groups in total. The van der Waals surface area contributed by atoms with Gasteiger partial charge in [-0.15, -0.1) is 0 Å². The maximum atomic E-state index is 7.78. The lowest BCUT2D eigenvalue weighted by Crippen LogP contribution is -1.84. The van der Waals surface area contributed by atoms with Crippen LogP contribution in [0.3, 0.4) is 0 Å². The van der Waals surface area contributed by atoms with Crippen LogP contribution in [0.25, 0.3) is 55.0 Å². The summed E-state index contributed by atoms with van der Waals surface area (Å²) in [4.78, 5) is 0. The molecular formula is C29H19NO. The molecule has 0 radical (unpaired) electrons. The summed E-state index contributed by atoms with van der Waals surface area (Å²) >= 11 is 0. The topological polar surface area (TPSA) is 37.0 Å². The van der Waals surface area contributed by atoms with Gasteiger partial charge < -0.3 is 9.83 Å². The van der Waals surface area contributed by atoms with E-state index in [1.165, 1.54) is 28.1 Å². The van der Waals surface area contributed by atoms with Crippen LogP contribution in [-0.4, -0.2) is 6.21 Å². The maximum Gasteiger partial charge on any atom is 0.136 e. The summed E-state index contributed by atoms with van der Waals surface area (Å²) in [5, 5.41) is 12.3. The fourth-order valence-corrected chi connectivity index (χ4v) is 4.50. The molecule has 5 aromatic carbocycles. The molecule has 146 valence electrons. The van der Waals surface area contributed by atoms with Crippen molar-refractivity contribution in [2.75, 3.05) is 0 Å². The Morgan fingerprint density at radius 1 is 0.581 bits per heavy atom. The molecule has 0 aliphatic heterocycles. The normalized spacial score (nSPS) is 11.4. The molecule has 0 aliphatic carbocycles. The molecule has 6 rings (SSSR count). The molecule has 1 aromatic heterocycles. The number of hydrogen-bond acceptors (Lipinski definition) is 2. The highest BCUT2D eigenvalue weighted by molar-refractivity contribution is 6.13. The first-order valence-corrected chi connectivity index (χ1v) is 10.4. The predicted molar refractivity (Wildman–Crippen MR) is 130 cm³/mol. The van der Waals surface area contributed by atoms with Crippen molar-refractivity contribution in [1.29, 1.82) is 5.41 Å². The first-order chi connectivity index (χ1) is 15.3. The van der Waals surface area contributed by atoms with Crippen LogP contribution < -0.4 is 0 Å². The fourth-order valence-electron chi connectivity index (χ4n) is 4.50. The van der Waals surface area contributed by atoms with E-state index in [9.17, 15) is 0 Å². The van der Waals surface area contributed by atoms with Crippen LogP contribution in [0.4, 0.5) is 0 Å². The zero-order valence-electron chi connectivity index (χ0n) is 16.8. The van der Waals surface area contributed by atoms with E-state index < -0.39 is 0 Å². The lowest BCUT2D eigenvalue weighted by atomic mass is 9.94. The second-order valence-electron chi connectivity index (χ2n) is 7.79. The third-order valence-corrected chi connectivity index (χ3v) is 5.98. The second-order valence-corrected chi connectivity index (χ2v) is 7.79. The van der Waals surface area contributed by atoms with Crippen LogP contribution in [0.2, 0.25) is 0 Å². The van der Waals surface area contributed by atoms with Crippen molar-refractivity contribution in [3.05, 3.63) is 109 Å². The van der Waals surface area contributed by atoms with Crippen LogP contribution in [0.5, 0.6) is 0 Å². The minimum Gasteiger partial charge on any atom is -0.456 e. The van der Waals surface area contributed by atoms with E-state index in [4.69, 9.17) is 9.83 Å². The minimum atomic E-state index is 0.817. The SMILES string of the molecule is N=Cc1cccc2oc3ccc(-c4cccc(-c5cccc6ccccc56)c4)cc3c12. The quantitative estimate of drug-likeness (QED) is 0.301. The lowest BCUT2D eigenvalue weighted by Gasteiger charge is -2.09. The highest BCUT2D eigenvalue weighted by Crippen LogP contribution is 2.36. The summed E-state index contributed by atoms with van der Waals surface area (Å²) < 4.78 is 6.02. The van der Waals surface area contributed by atoms with E-state index in [1.807, 2.05) is 24.3 Å². The Kier molecular flexibility index (Phi) is 3.97. The summed E-state index contributed by atoms with van der Waals surface area (Å²) in [6.45, 7) is 0. The Morgan fingerprint density at radius 2 is 1.35 bits per heavy atom. The van der Waals surface area contributed by atoms with Crippen molar-refractivity contribution in [3.8, 4) is 22.3 Å². The Labute approximate surface area is 179 Å². The van der Waals surface area contributed by atoms with Gasteiger partial charge in [-0.05, 0) is 57.3 Å². The number of rotatable bonds is 3. The molecule has 2 nitrogen and oxygen atoms in total. The van der Waals surface area contributed by atoms with Gasteiger partial charge in [0.1, 0.15) is 11.2 Å². The Balaban J connectivity index is 1.54. The number of furan rings is 1. The van der Waals surface area contributed by atoms with E-state index in [0.717, 1.165) is 38.6 Å². The van der Waals surface area contributed by atoms with Crippen molar-refractivity contribution in [3.63, 3.8) is 0 Å². The van der Waals surface area contributed by atoms with Gasteiger partial charge in [-0.1, -0.05) is 78.9 Å². The maximum absolute atomic E-state index is 7.78. The van der Waals surface area contributed by atoms with E-state index >= 15 is 0 Å². The Bertz CT molecular complexity index is 1600. The van der Waals surface area contributed by atoms with Gasteiger partial charge in [0.05, 0.1) is 0 Å². The molecule has 6 aromatic rings. The van der Waals surface area contributed by atoms with Gasteiger partial charge in [0.2, 0.25) is 0 Å². The smallest absolute Gasteiger partial charge is 0.136 e. The lowest BCUT2D eigenvalue weighted by molar-refractivity contribution is 0.669. The molecule has 0 fully saturated rings. The molecule has 0 amide bonds. The molecule has 0 spiro atoms. The zero-order valence-corrected chi connectivity index (χ0v) is 16.8. The van der Waals surface area contributed by atoms with Gasteiger partial charge in [-0.25, -0.2) is 0 Å². The van der Waals surface area contributed by atoms with Gasteiger partial charge in [0.25, 0.3) is 0 Å². The monoisotopic (exact) mass is 397 g/mol. The fraction of sp³-hybridized carbons (Fsp3) is 0. The highest BCUT2D eigenvalue weighted by Gasteiger charge is 2.12. The molecule has 0 bridgehead atoms. The van der Waals surface area contributed by atoms with E-state index in [2.05, 4.69) is 78.9 Å². The predicted octanol–water partition coefficient (Wildman–Crippen LogP) is 8.07.